The van der Waals surface area contributed by atoms with Crippen LogP contribution in [0.5, 0.6) is 5.75 Å². The lowest BCUT2D eigenvalue weighted by atomic mass is 9.89. The summed E-state index contributed by atoms with van der Waals surface area (Å²) in [5.74, 6) is 0.665. The molecule has 0 radical (unpaired) electrons. The summed E-state index contributed by atoms with van der Waals surface area (Å²) in [6.07, 6.45) is 3.35. The van der Waals surface area contributed by atoms with Crippen LogP contribution in [0.25, 0.3) is 0 Å². The molecule has 0 aromatic heterocycles. The van der Waals surface area contributed by atoms with Gasteiger partial charge in [0, 0.05) is 18.5 Å². The summed E-state index contributed by atoms with van der Waals surface area (Å²) in [5.41, 5.74) is 7.07. The van der Waals surface area contributed by atoms with Gasteiger partial charge in [0.15, 0.2) is 11.6 Å². The molecule has 4 rings (SSSR count). The predicted octanol–water partition coefficient (Wildman–Crippen LogP) is 1.67. The fourth-order valence-electron chi connectivity index (χ4n) is 3.76. The van der Waals surface area contributed by atoms with Crippen molar-refractivity contribution in [1.82, 2.24) is 21.5 Å². The number of carbonyl (C=O) groups is 1. The van der Waals surface area contributed by atoms with E-state index in [-0.39, 0.29) is 47.9 Å². The van der Waals surface area contributed by atoms with Crippen LogP contribution >= 0.6 is 12.4 Å². The van der Waals surface area contributed by atoms with Gasteiger partial charge < -0.3 is 15.4 Å². The van der Waals surface area contributed by atoms with Gasteiger partial charge >= 0.3 is 0 Å². The number of carbonyl (C=O) groups excluding carboxylic acids is 1. The highest BCUT2D eigenvalue weighted by atomic mass is 35.5. The van der Waals surface area contributed by atoms with Crippen molar-refractivity contribution in [2.45, 2.75) is 44.3 Å². The number of nitrogens with one attached hydrogen (secondary N) is 4. The lowest BCUT2D eigenvalue weighted by Gasteiger charge is -2.28. The van der Waals surface area contributed by atoms with Crippen molar-refractivity contribution < 1.29 is 13.9 Å². The fourth-order valence-corrected chi connectivity index (χ4v) is 3.76. The Hall–Kier alpha value is -1.41. The van der Waals surface area contributed by atoms with Crippen molar-refractivity contribution in [3.63, 3.8) is 0 Å². The first-order valence-electron chi connectivity index (χ1n) is 9.56. The average molecular weight is 399 g/mol. The van der Waals surface area contributed by atoms with E-state index >= 15 is 0 Å². The summed E-state index contributed by atoms with van der Waals surface area (Å²) in [6, 6.07) is 4.71. The van der Waals surface area contributed by atoms with Crippen LogP contribution in [0, 0.1) is 17.7 Å². The number of ether oxygens (including phenoxy) is 1. The normalized spacial score (nSPS) is 28.0. The molecule has 1 saturated carbocycles. The summed E-state index contributed by atoms with van der Waals surface area (Å²) in [7, 11) is 0. The first-order chi connectivity index (χ1) is 12.6. The number of piperidine rings is 1. The predicted molar refractivity (Wildman–Crippen MR) is 103 cm³/mol. The van der Waals surface area contributed by atoms with Gasteiger partial charge in [-0.1, -0.05) is 6.07 Å². The van der Waals surface area contributed by atoms with Crippen molar-refractivity contribution >= 4 is 18.3 Å². The first kappa shape index (κ1) is 20.3. The Bertz CT molecular complexity index is 673. The molecule has 2 aliphatic heterocycles. The molecule has 6 nitrogen and oxygen atoms in total. The molecule has 1 aromatic carbocycles. The number of benzene rings is 1. The molecule has 1 aromatic rings. The topological polar surface area (TPSA) is 74.4 Å². The van der Waals surface area contributed by atoms with Gasteiger partial charge in [0.1, 0.15) is 6.04 Å². The largest absolute Gasteiger partial charge is 0.490 e. The second-order valence-corrected chi connectivity index (χ2v) is 7.70. The number of fused-ring (bicyclic) bond motifs is 1. The third-order valence-electron chi connectivity index (χ3n) is 5.65. The van der Waals surface area contributed by atoms with E-state index in [9.17, 15) is 9.18 Å². The maximum atomic E-state index is 14.3. The monoisotopic (exact) mass is 398 g/mol. The van der Waals surface area contributed by atoms with E-state index in [4.69, 9.17) is 4.74 Å². The molecule has 8 heteroatoms. The van der Waals surface area contributed by atoms with Crippen LogP contribution in [-0.2, 0) is 4.79 Å². The smallest absolute Gasteiger partial charge is 0.239 e. The molecular weight excluding hydrogens is 371 g/mol. The van der Waals surface area contributed by atoms with Crippen LogP contribution in [0.4, 0.5) is 4.39 Å². The molecule has 0 bridgehead atoms. The number of hydrogen-bond acceptors (Lipinski definition) is 5. The van der Waals surface area contributed by atoms with E-state index in [1.807, 2.05) is 13.0 Å². The minimum atomic E-state index is -0.374. The lowest BCUT2D eigenvalue weighted by Crippen LogP contribution is -2.49. The van der Waals surface area contributed by atoms with Gasteiger partial charge in [-0.05, 0) is 56.3 Å². The number of hydrogen-bond donors (Lipinski definition) is 4. The van der Waals surface area contributed by atoms with E-state index in [1.54, 1.807) is 6.07 Å². The lowest BCUT2D eigenvalue weighted by molar-refractivity contribution is -0.124. The summed E-state index contributed by atoms with van der Waals surface area (Å²) in [4.78, 5) is 12.7. The molecule has 3 fully saturated rings. The van der Waals surface area contributed by atoms with E-state index in [1.165, 1.54) is 18.9 Å². The highest BCUT2D eigenvalue weighted by Gasteiger charge is 2.41. The van der Waals surface area contributed by atoms with Crippen molar-refractivity contribution in [1.29, 1.82) is 0 Å². The highest BCUT2D eigenvalue weighted by Crippen LogP contribution is 2.30. The molecule has 2 saturated heterocycles. The van der Waals surface area contributed by atoms with E-state index < -0.39 is 0 Å². The molecule has 27 heavy (non-hydrogen) atoms. The van der Waals surface area contributed by atoms with Gasteiger partial charge in [-0.15, -0.1) is 12.4 Å². The molecule has 1 aliphatic carbocycles. The number of amides is 1. The van der Waals surface area contributed by atoms with Crippen LogP contribution < -0.4 is 26.2 Å². The van der Waals surface area contributed by atoms with Gasteiger partial charge in [0.25, 0.3) is 0 Å². The van der Waals surface area contributed by atoms with Gasteiger partial charge in [0.05, 0.1) is 12.6 Å². The second kappa shape index (κ2) is 8.73. The number of hydrazine groups is 1. The molecule has 4 atom stereocenters. The summed E-state index contributed by atoms with van der Waals surface area (Å²) in [5, 5.41) is 6.34. The fraction of sp³-hybridized carbons (Fsp3) is 0.632. The molecule has 1 amide bonds. The quantitative estimate of drug-likeness (QED) is 0.586. The molecule has 150 valence electrons. The second-order valence-electron chi connectivity index (χ2n) is 7.70. The van der Waals surface area contributed by atoms with Crippen LogP contribution in [-0.4, -0.2) is 37.7 Å². The zero-order valence-corrected chi connectivity index (χ0v) is 16.3. The molecule has 4 N–H and O–H groups in total. The molecular formula is C19H28ClFN4O2. The van der Waals surface area contributed by atoms with Crippen LogP contribution in [0.15, 0.2) is 18.2 Å². The SMILES string of the molecule is CC(NC(=O)C1NNC2CCNCC21)c1ccc(OCC2CC2)c(F)c1.Cl. The van der Waals surface area contributed by atoms with E-state index in [0.717, 1.165) is 25.1 Å². The molecule has 4 unspecified atom stereocenters. The van der Waals surface area contributed by atoms with Gasteiger partial charge in [-0.25, -0.2) is 9.82 Å². The number of rotatable bonds is 6. The molecule has 2 heterocycles. The Morgan fingerprint density at radius 1 is 1.33 bits per heavy atom. The highest BCUT2D eigenvalue weighted by molar-refractivity contribution is 5.85. The van der Waals surface area contributed by atoms with Gasteiger partial charge in [-0.3, -0.25) is 10.2 Å². The Morgan fingerprint density at radius 2 is 2.15 bits per heavy atom. The van der Waals surface area contributed by atoms with Crippen molar-refractivity contribution in [3.05, 3.63) is 29.6 Å². The van der Waals surface area contributed by atoms with Crippen molar-refractivity contribution in [2.24, 2.45) is 11.8 Å². The third kappa shape index (κ3) is 4.71. The summed E-state index contributed by atoms with van der Waals surface area (Å²) in [6.45, 7) is 4.24. The van der Waals surface area contributed by atoms with Gasteiger partial charge in [0.2, 0.25) is 5.91 Å². The zero-order valence-electron chi connectivity index (χ0n) is 15.5. The Labute approximate surface area is 165 Å². The number of halogens is 2. The van der Waals surface area contributed by atoms with Crippen LogP contribution in [0.3, 0.4) is 0 Å². The molecule has 0 spiro atoms. The minimum absolute atomic E-state index is 0. The van der Waals surface area contributed by atoms with Gasteiger partial charge in [-0.2, -0.15) is 0 Å². The first-order valence-corrected chi connectivity index (χ1v) is 9.56. The summed E-state index contributed by atoms with van der Waals surface area (Å²) < 4.78 is 19.8. The Kier molecular flexibility index (Phi) is 6.57. The third-order valence-corrected chi connectivity index (χ3v) is 5.65. The Balaban J connectivity index is 0.00000210. The van der Waals surface area contributed by atoms with Crippen LogP contribution in [0.2, 0.25) is 0 Å². The van der Waals surface area contributed by atoms with E-state index in [0.29, 0.717) is 18.6 Å². The average Bonchev–Trinajstić information content (AvgIpc) is 3.37. The zero-order chi connectivity index (χ0) is 18.1. The maximum absolute atomic E-state index is 14.3. The van der Waals surface area contributed by atoms with Crippen molar-refractivity contribution in [3.8, 4) is 5.75 Å². The Morgan fingerprint density at radius 3 is 2.89 bits per heavy atom. The summed E-state index contributed by atoms with van der Waals surface area (Å²) >= 11 is 0. The van der Waals surface area contributed by atoms with Crippen LogP contribution in [0.1, 0.15) is 37.8 Å². The van der Waals surface area contributed by atoms with Crippen molar-refractivity contribution in [2.75, 3.05) is 19.7 Å². The minimum Gasteiger partial charge on any atom is -0.490 e. The maximum Gasteiger partial charge on any atom is 0.239 e. The van der Waals surface area contributed by atoms with E-state index in [2.05, 4.69) is 21.5 Å². The standard InChI is InChI=1S/C19H27FN4O2.ClH/c1-11(13-4-5-17(15(20)8-13)26-10-12-2-3-12)22-19(25)18-14-9-21-7-6-16(14)23-24-18;/h4-5,8,11-12,14,16,18,21,23-24H,2-3,6-7,9-10H2,1H3,(H,22,25);1H. The molecule has 3 aliphatic rings.